The average Bonchev–Trinajstić information content (AvgIpc) is 2.69. The number of hydrogen-bond donors (Lipinski definition) is 1. The minimum absolute atomic E-state index is 0.0801. The largest absolute Gasteiger partial charge is 0.496 e. The van der Waals surface area contributed by atoms with E-state index in [1.165, 1.54) is 5.56 Å². The Balaban J connectivity index is 1.79. The highest BCUT2D eigenvalue weighted by Gasteiger charge is 2.21. The third-order valence-corrected chi connectivity index (χ3v) is 5.00. The van der Waals surface area contributed by atoms with Gasteiger partial charge < -0.3 is 14.8 Å². The molecule has 0 radical (unpaired) electrons. The van der Waals surface area contributed by atoms with Crippen molar-refractivity contribution >= 4 is 5.91 Å². The fraction of sp³-hybridized carbons (Fsp3) is 0.409. The van der Waals surface area contributed by atoms with Crippen molar-refractivity contribution in [2.24, 2.45) is 0 Å². The molecule has 5 nitrogen and oxygen atoms in total. The molecule has 1 amide bonds. The first kappa shape index (κ1) is 19.4. The molecule has 144 valence electrons. The van der Waals surface area contributed by atoms with E-state index >= 15 is 0 Å². The lowest BCUT2D eigenvalue weighted by Crippen LogP contribution is -2.43. The van der Waals surface area contributed by atoms with Crippen LogP contribution in [-0.2, 0) is 4.74 Å². The maximum atomic E-state index is 12.9. The summed E-state index contributed by atoms with van der Waals surface area (Å²) in [6.07, 6.45) is 0. The molecule has 2 aromatic rings. The van der Waals surface area contributed by atoms with Crippen LogP contribution in [0.4, 0.5) is 0 Å². The number of nitrogens with one attached hydrogen (secondary N) is 1. The van der Waals surface area contributed by atoms with Gasteiger partial charge in [-0.3, -0.25) is 9.69 Å². The number of rotatable bonds is 6. The SMILES string of the molecule is COc1cc(C(=O)N[C@H](CN2CCOCC2)c2ccc(C)cc2)ccc1C. The zero-order valence-corrected chi connectivity index (χ0v) is 16.3. The summed E-state index contributed by atoms with van der Waals surface area (Å²) in [6.45, 7) is 8.05. The molecule has 1 aliphatic heterocycles. The molecule has 3 rings (SSSR count). The molecule has 0 spiro atoms. The molecule has 0 aromatic heterocycles. The number of carbonyl (C=O) groups excluding carboxylic acids is 1. The Morgan fingerprint density at radius 3 is 2.52 bits per heavy atom. The molecule has 1 aliphatic rings. The topological polar surface area (TPSA) is 50.8 Å². The van der Waals surface area contributed by atoms with Gasteiger partial charge in [0.25, 0.3) is 5.91 Å². The average molecular weight is 368 g/mol. The quantitative estimate of drug-likeness (QED) is 0.851. The summed E-state index contributed by atoms with van der Waals surface area (Å²) in [5.74, 6) is 0.634. The fourth-order valence-corrected chi connectivity index (χ4v) is 3.28. The summed E-state index contributed by atoms with van der Waals surface area (Å²) in [7, 11) is 1.62. The number of aryl methyl sites for hydroxylation is 2. The van der Waals surface area contributed by atoms with E-state index in [9.17, 15) is 4.79 Å². The van der Waals surface area contributed by atoms with Crippen molar-refractivity contribution in [3.05, 3.63) is 64.7 Å². The molecule has 1 fully saturated rings. The monoisotopic (exact) mass is 368 g/mol. The van der Waals surface area contributed by atoms with Gasteiger partial charge in [-0.15, -0.1) is 0 Å². The molecule has 2 aromatic carbocycles. The van der Waals surface area contributed by atoms with Crippen molar-refractivity contribution < 1.29 is 14.3 Å². The molecule has 1 saturated heterocycles. The van der Waals surface area contributed by atoms with Gasteiger partial charge in [0.15, 0.2) is 0 Å². The molecule has 1 atom stereocenters. The van der Waals surface area contributed by atoms with Gasteiger partial charge in [0, 0.05) is 25.2 Å². The van der Waals surface area contributed by atoms with Gasteiger partial charge >= 0.3 is 0 Å². The molecular weight excluding hydrogens is 340 g/mol. The van der Waals surface area contributed by atoms with Crippen LogP contribution in [0.2, 0.25) is 0 Å². The number of amides is 1. The number of ether oxygens (including phenoxy) is 2. The third-order valence-electron chi connectivity index (χ3n) is 5.00. The minimum atomic E-state index is -0.0906. The number of benzene rings is 2. The van der Waals surface area contributed by atoms with Gasteiger partial charge in [-0.1, -0.05) is 35.9 Å². The van der Waals surface area contributed by atoms with Gasteiger partial charge in [0.2, 0.25) is 0 Å². The summed E-state index contributed by atoms with van der Waals surface area (Å²) < 4.78 is 10.8. The molecule has 0 unspecified atom stereocenters. The standard InChI is InChI=1S/C22H28N2O3/c1-16-4-7-18(8-5-16)20(15-24-10-12-27-13-11-24)23-22(25)19-9-6-17(2)21(14-19)26-3/h4-9,14,20H,10-13,15H2,1-3H3,(H,23,25)/t20-/m1/s1. The van der Waals surface area contributed by atoms with E-state index in [0.29, 0.717) is 5.56 Å². The van der Waals surface area contributed by atoms with Gasteiger partial charge in [0.1, 0.15) is 5.75 Å². The van der Waals surface area contributed by atoms with Crippen LogP contribution < -0.4 is 10.1 Å². The lowest BCUT2D eigenvalue weighted by atomic mass is 10.0. The molecular formula is C22H28N2O3. The Hall–Kier alpha value is -2.37. The highest BCUT2D eigenvalue weighted by Crippen LogP contribution is 2.21. The van der Waals surface area contributed by atoms with Gasteiger partial charge in [0.05, 0.1) is 26.4 Å². The second-order valence-corrected chi connectivity index (χ2v) is 7.03. The van der Waals surface area contributed by atoms with E-state index in [1.54, 1.807) is 13.2 Å². The second kappa shape index (κ2) is 9.02. The Morgan fingerprint density at radius 2 is 1.85 bits per heavy atom. The number of carbonyl (C=O) groups is 1. The summed E-state index contributed by atoms with van der Waals surface area (Å²) in [4.78, 5) is 15.2. The molecule has 27 heavy (non-hydrogen) atoms. The Bertz CT molecular complexity index is 768. The molecule has 5 heteroatoms. The predicted octanol–water partition coefficient (Wildman–Crippen LogP) is 3.12. The van der Waals surface area contributed by atoms with E-state index < -0.39 is 0 Å². The first-order valence-corrected chi connectivity index (χ1v) is 9.39. The zero-order chi connectivity index (χ0) is 19.2. The van der Waals surface area contributed by atoms with Gasteiger partial charge in [-0.25, -0.2) is 0 Å². The van der Waals surface area contributed by atoms with Crippen molar-refractivity contribution in [3.8, 4) is 5.75 Å². The van der Waals surface area contributed by atoms with Crippen LogP contribution in [0.3, 0.4) is 0 Å². The molecule has 0 bridgehead atoms. The van der Waals surface area contributed by atoms with E-state index in [1.807, 2.05) is 19.1 Å². The van der Waals surface area contributed by atoms with Gasteiger partial charge in [-0.05, 0) is 37.1 Å². The Kier molecular flexibility index (Phi) is 6.48. The fourth-order valence-electron chi connectivity index (χ4n) is 3.28. The highest BCUT2D eigenvalue weighted by molar-refractivity contribution is 5.95. The first-order chi connectivity index (χ1) is 13.1. The van der Waals surface area contributed by atoms with Crippen molar-refractivity contribution in [3.63, 3.8) is 0 Å². The van der Waals surface area contributed by atoms with Crippen LogP contribution in [0.5, 0.6) is 5.75 Å². The lowest BCUT2D eigenvalue weighted by molar-refractivity contribution is 0.0332. The predicted molar refractivity (Wildman–Crippen MR) is 106 cm³/mol. The molecule has 1 N–H and O–H groups in total. The van der Waals surface area contributed by atoms with Crippen LogP contribution >= 0.6 is 0 Å². The van der Waals surface area contributed by atoms with E-state index in [2.05, 4.69) is 41.4 Å². The van der Waals surface area contributed by atoms with Crippen LogP contribution in [0.1, 0.15) is 33.1 Å². The Labute approximate surface area is 161 Å². The maximum Gasteiger partial charge on any atom is 0.251 e. The van der Waals surface area contributed by atoms with Crippen molar-refractivity contribution in [1.82, 2.24) is 10.2 Å². The Morgan fingerprint density at radius 1 is 1.15 bits per heavy atom. The second-order valence-electron chi connectivity index (χ2n) is 7.03. The van der Waals surface area contributed by atoms with Crippen LogP contribution in [0, 0.1) is 13.8 Å². The highest BCUT2D eigenvalue weighted by atomic mass is 16.5. The molecule has 0 saturated carbocycles. The summed E-state index contributed by atoms with van der Waals surface area (Å²) in [5, 5.41) is 3.21. The van der Waals surface area contributed by atoms with Crippen molar-refractivity contribution in [2.45, 2.75) is 19.9 Å². The van der Waals surface area contributed by atoms with E-state index in [0.717, 1.165) is 49.7 Å². The summed E-state index contributed by atoms with van der Waals surface area (Å²) >= 11 is 0. The van der Waals surface area contributed by atoms with Crippen molar-refractivity contribution in [1.29, 1.82) is 0 Å². The van der Waals surface area contributed by atoms with E-state index in [4.69, 9.17) is 9.47 Å². The maximum absolute atomic E-state index is 12.9. The molecule has 1 heterocycles. The minimum Gasteiger partial charge on any atom is -0.496 e. The zero-order valence-electron chi connectivity index (χ0n) is 16.3. The van der Waals surface area contributed by atoms with Crippen LogP contribution in [-0.4, -0.2) is 50.8 Å². The normalized spacial score (nSPS) is 16.0. The molecule has 0 aliphatic carbocycles. The number of nitrogens with zero attached hydrogens (tertiary/aromatic N) is 1. The lowest BCUT2D eigenvalue weighted by Gasteiger charge is -2.31. The first-order valence-electron chi connectivity index (χ1n) is 9.39. The summed E-state index contributed by atoms with van der Waals surface area (Å²) in [6, 6.07) is 13.8. The smallest absolute Gasteiger partial charge is 0.251 e. The number of methoxy groups -OCH3 is 1. The van der Waals surface area contributed by atoms with Crippen LogP contribution in [0.15, 0.2) is 42.5 Å². The third kappa shape index (κ3) is 5.08. The van der Waals surface area contributed by atoms with E-state index in [-0.39, 0.29) is 11.9 Å². The number of hydrogen-bond acceptors (Lipinski definition) is 4. The summed E-state index contributed by atoms with van der Waals surface area (Å²) in [5.41, 5.74) is 3.94. The number of morpholine rings is 1. The van der Waals surface area contributed by atoms with Crippen LogP contribution in [0.25, 0.3) is 0 Å². The van der Waals surface area contributed by atoms with Crippen molar-refractivity contribution in [2.75, 3.05) is 40.0 Å². The van der Waals surface area contributed by atoms with Gasteiger partial charge in [-0.2, -0.15) is 0 Å².